The van der Waals surface area contributed by atoms with Crippen LogP contribution in [0.25, 0.3) is 0 Å². The van der Waals surface area contributed by atoms with Gasteiger partial charge in [-0.1, -0.05) is 104 Å². The Hall–Kier alpha value is -8.85. The first-order valence-corrected chi connectivity index (χ1v) is 34.9. The average Bonchev–Trinajstić information content (AvgIpc) is 1.62. The zero-order chi connectivity index (χ0) is 72.0. The van der Waals surface area contributed by atoms with Crippen LogP contribution < -0.4 is 37.6 Å². The molecule has 2 bridgehead atoms. The van der Waals surface area contributed by atoms with Crippen molar-refractivity contribution < 1.29 is 67.0 Å². The van der Waals surface area contributed by atoms with Gasteiger partial charge in [0.05, 0.1) is 42.7 Å². The lowest BCUT2D eigenvalue weighted by Gasteiger charge is -2.41. The predicted molar refractivity (Wildman–Crippen MR) is 368 cm³/mol. The minimum absolute atomic E-state index is 0.0745. The number of likely N-dealkylation sites (N-methyl/N-ethyl adjacent to an activating group) is 1. The van der Waals surface area contributed by atoms with Crippen molar-refractivity contribution in [3.63, 3.8) is 0 Å². The number of piperidine rings is 1. The maximum atomic E-state index is 15.0. The van der Waals surface area contributed by atoms with Gasteiger partial charge in [-0.05, 0) is 117 Å². The Bertz CT molecular complexity index is 3270. The van der Waals surface area contributed by atoms with Crippen LogP contribution in [0.4, 0.5) is 15.3 Å². The number of ether oxygens (including phenoxy) is 3. The number of hydrogen-bond acceptors (Lipinski definition) is 16. The SMILES string of the molecule is CC[C@H](C)[C@@H]([C@@H](CC(=O)N1CCC[C@H]1C(OC)[C@@H](C)C(=O)N[C@@H](Cc1ccccc1)c1ncccn1)OC)N(C)C(=O)[C@@H](NC(=O)C1[C@H]2CC[C@H](C2)N1C(=O)OCc1ccc(NC(=O)C(CCCNC(N)=O)NC(=O)[C@@H](NC(=O)CCCCCN2C(=O)C=CC2=O)C(C)C)cc1)C(C)C. The van der Waals surface area contributed by atoms with Crippen molar-refractivity contribution in [1.82, 2.24) is 56.2 Å². The Balaban J connectivity index is 0.937. The van der Waals surface area contributed by atoms with Crippen molar-refractivity contribution in [2.24, 2.45) is 35.3 Å². The first-order chi connectivity index (χ1) is 47.3. The molecule has 7 rings (SSSR count). The lowest BCUT2D eigenvalue weighted by Crippen LogP contribution is -2.60. The number of methoxy groups -OCH3 is 2. The summed E-state index contributed by atoms with van der Waals surface area (Å²) in [6.45, 7) is 13.6. The van der Waals surface area contributed by atoms with E-state index in [1.807, 2.05) is 58.0 Å². The number of fused-ring (bicyclic) bond motifs is 2. The van der Waals surface area contributed by atoms with Gasteiger partial charge < -0.3 is 61.6 Å². The number of likely N-dealkylation sites (tertiary alicyclic amines) is 2. The van der Waals surface area contributed by atoms with Crippen molar-refractivity contribution >= 4 is 71.0 Å². The molecule has 2 aromatic carbocycles. The molecule has 4 aliphatic rings. The normalized spacial score (nSPS) is 19.9. The number of anilines is 1. The Morgan fingerprint density at radius 2 is 1.42 bits per heavy atom. The van der Waals surface area contributed by atoms with Crippen LogP contribution in [-0.2, 0) is 70.4 Å². The molecule has 3 aliphatic heterocycles. The molecule has 0 spiro atoms. The molecule has 0 radical (unpaired) electrons. The number of carbonyl (C=O) groups is 11. The fraction of sp³-hybridized carbons (Fsp3) is 0.597. The van der Waals surface area contributed by atoms with Crippen LogP contribution in [0.15, 0.2) is 85.2 Å². The summed E-state index contributed by atoms with van der Waals surface area (Å²) in [6, 6.07) is 11.4. The summed E-state index contributed by atoms with van der Waals surface area (Å²) < 4.78 is 18.1. The first kappa shape index (κ1) is 77.5. The van der Waals surface area contributed by atoms with Crippen LogP contribution in [-0.4, -0.2) is 190 Å². The third kappa shape index (κ3) is 21.1. The highest BCUT2D eigenvalue weighted by molar-refractivity contribution is 6.12. The van der Waals surface area contributed by atoms with Crippen molar-refractivity contribution in [3.8, 4) is 0 Å². The summed E-state index contributed by atoms with van der Waals surface area (Å²) >= 11 is 0. The molecule has 3 unspecified atom stereocenters. The minimum atomic E-state index is -1.11. The Morgan fingerprint density at radius 1 is 0.737 bits per heavy atom. The monoisotopic (exact) mass is 1370 g/mol. The highest BCUT2D eigenvalue weighted by atomic mass is 16.6. The highest BCUT2D eigenvalue weighted by Crippen LogP contribution is 2.43. The van der Waals surface area contributed by atoms with Gasteiger partial charge in [0.25, 0.3) is 11.8 Å². The lowest BCUT2D eigenvalue weighted by atomic mass is 9.89. The number of primary amides is 1. The van der Waals surface area contributed by atoms with Crippen LogP contribution in [0, 0.1) is 29.6 Å². The summed E-state index contributed by atoms with van der Waals surface area (Å²) in [6.07, 6.45) is 9.84. The molecule has 12 amide bonds. The molecular formula is C72H103N13O14. The second kappa shape index (κ2) is 37.4. The van der Waals surface area contributed by atoms with Crippen molar-refractivity contribution in [2.75, 3.05) is 46.2 Å². The van der Waals surface area contributed by atoms with Gasteiger partial charge in [0.2, 0.25) is 41.4 Å². The Labute approximate surface area is 581 Å². The molecule has 8 N–H and O–H groups in total. The van der Waals surface area contributed by atoms with Gasteiger partial charge in [0, 0.05) is 83.6 Å². The molecule has 13 atom stereocenters. The van der Waals surface area contributed by atoms with Crippen LogP contribution in [0.1, 0.15) is 155 Å². The minimum Gasteiger partial charge on any atom is -0.445 e. The fourth-order valence-electron chi connectivity index (χ4n) is 14.1. The second-order valence-electron chi connectivity index (χ2n) is 27.3. The van der Waals surface area contributed by atoms with E-state index in [2.05, 4.69) is 41.9 Å². The molecule has 99 heavy (non-hydrogen) atoms. The van der Waals surface area contributed by atoms with E-state index in [9.17, 15) is 52.7 Å². The van der Waals surface area contributed by atoms with Crippen LogP contribution in [0.3, 0.4) is 0 Å². The van der Waals surface area contributed by atoms with Crippen molar-refractivity contribution in [3.05, 3.63) is 102 Å². The van der Waals surface area contributed by atoms with Gasteiger partial charge in [0.15, 0.2) is 5.82 Å². The molecule has 2 saturated heterocycles. The smallest absolute Gasteiger partial charge is 0.411 e. The van der Waals surface area contributed by atoms with Gasteiger partial charge in [-0.25, -0.2) is 19.6 Å². The van der Waals surface area contributed by atoms with E-state index in [-0.39, 0.29) is 105 Å². The molecule has 1 aliphatic carbocycles. The molecule has 27 nitrogen and oxygen atoms in total. The zero-order valence-electron chi connectivity index (χ0n) is 58.9. The number of hydrogen-bond donors (Lipinski definition) is 7. The number of imide groups is 1. The standard InChI is InChI=1S/C72H103N13O14/c1-11-45(6)62(55(97-9)41-59(89)83-38-19-24-54(83)64(98-10)46(7)66(90)79-53(65-74-35-20-36-75-65)39-47-21-14-12-15-22-47)82(8)70(94)61(44(4)5)81-69(93)63-49-28-31-51(40-49)85(63)72(96)99-42-48-26-29-50(30-27-48)77-67(91)52(23-18-34-76-71(73)95)78-68(92)60(43(2)3)80-56(86)25-16-13-17-37-84-57(87)32-33-58(84)88/h12,14-15,20-22,26-27,29-30,32-33,35-36,43-46,49,51-55,60-64H,11,13,16-19,23-25,28,31,34,37-42H2,1-10H3,(H,77,91)(H,78,92)(H,79,90)(H,80,86)(H,81,93)(H3,73,76,95)/t45-,46+,49-,51+,52?,53-,54-,55+,60-,61-,62-,63?,64?/m0/s1. The highest BCUT2D eigenvalue weighted by Gasteiger charge is 2.53. The van der Waals surface area contributed by atoms with Gasteiger partial charge in [-0.15, -0.1) is 0 Å². The summed E-state index contributed by atoms with van der Waals surface area (Å²) in [4.78, 5) is 163. The molecular weight excluding hydrogens is 1270 g/mol. The molecule has 1 aromatic heterocycles. The molecule has 1 saturated carbocycles. The summed E-state index contributed by atoms with van der Waals surface area (Å²) in [7, 11) is 4.74. The number of amides is 12. The quantitative estimate of drug-likeness (QED) is 0.0272. The van der Waals surface area contributed by atoms with E-state index >= 15 is 0 Å². The number of urea groups is 1. The summed E-state index contributed by atoms with van der Waals surface area (Å²) in [5.41, 5.74) is 7.18. The number of aromatic nitrogens is 2. The number of rotatable bonds is 37. The van der Waals surface area contributed by atoms with E-state index in [1.54, 1.807) is 87.5 Å². The number of nitrogens with zero attached hydrogens (tertiary/aromatic N) is 6. The van der Waals surface area contributed by atoms with Gasteiger partial charge in [0.1, 0.15) is 30.8 Å². The summed E-state index contributed by atoms with van der Waals surface area (Å²) in [5.74, 6) is -4.94. The summed E-state index contributed by atoms with van der Waals surface area (Å²) in [5, 5.41) is 17.1. The largest absolute Gasteiger partial charge is 0.445 e. The molecule has 3 fully saturated rings. The molecule has 3 aromatic rings. The molecule has 4 heterocycles. The van der Waals surface area contributed by atoms with E-state index in [0.29, 0.717) is 87.8 Å². The van der Waals surface area contributed by atoms with Crippen LogP contribution in [0.2, 0.25) is 0 Å². The van der Waals surface area contributed by atoms with E-state index in [0.717, 1.165) is 10.5 Å². The number of nitrogens with two attached hydrogens (primary N) is 1. The van der Waals surface area contributed by atoms with E-state index < -0.39 is 96.2 Å². The molecule has 27 heteroatoms. The van der Waals surface area contributed by atoms with Crippen molar-refractivity contribution in [1.29, 1.82) is 0 Å². The van der Waals surface area contributed by atoms with E-state index in [1.165, 1.54) is 24.2 Å². The lowest BCUT2D eigenvalue weighted by molar-refractivity contribution is -0.148. The average molecular weight is 1370 g/mol. The maximum Gasteiger partial charge on any atom is 0.411 e. The first-order valence-electron chi connectivity index (χ1n) is 34.9. The Kier molecular flexibility index (Phi) is 29.3. The number of benzene rings is 2. The van der Waals surface area contributed by atoms with E-state index in [4.69, 9.17) is 19.9 Å². The predicted octanol–water partition coefficient (Wildman–Crippen LogP) is 5.63. The number of unbranched alkanes of at least 4 members (excludes halogenated alkanes) is 2. The van der Waals surface area contributed by atoms with Crippen LogP contribution in [0.5, 0.6) is 0 Å². The van der Waals surface area contributed by atoms with Gasteiger partial charge in [-0.2, -0.15) is 0 Å². The fourth-order valence-corrected chi connectivity index (χ4v) is 14.1. The molecule has 540 valence electrons. The van der Waals surface area contributed by atoms with Crippen LogP contribution >= 0.6 is 0 Å². The van der Waals surface area contributed by atoms with Crippen molar-refractivity contribution in [2.45, 2.75) is 206 Å². The van der Waals surface area contributed by atoms with Gasteiger partial charge >= 0.3 is 12.1 Å². The Morgan fingerprint density at radius 3 is 2.06 bits per heavy atom. The topological polar surface area (TPSA) is 352 Å². The van der Waals surface area contributed by atoms with Gasteiger partial charge in [-0.3, -0.25) is 53.0 Å². The number of carbonyl (C=O) groups excluding carboxylic acids is 11. The maximum absolute atomic E-state index is 15.0. The third-order valence-corrected chi connectivity index (χ3v) is 19.7. The third-order valence-electron chi connectivity index (χ3n) is 19.7. The number of nitrogens with one attached hydrogen (secondary N) is 6. The second-order valence-corrected chi connectivity index (χ2v) is 27.3. The zero-order valence-corrected chi connectivity index (χ0v) is 58.9.